The Morgan fingerprint density at radius 1 is 1.36 bits per heavy atom. The van der Waals surface area contributed by atoms with Gasteiger partial charge >= 0.3 is 0 Å². The van der Waals surface area contributed by atoms with Crippen LogP contribution in [0.5, 0.6) is 0 Å². The lowest BCUT2D eigenvalue weighted by Crippen LogP contribution is -1.81. The molecule has 3 heteroatoms. The van der Waals surface area contributed by atoms with Gasteiger partial charge in [-0.15, -0.1) is 0 Å². The molecule has 2 aromatic rings. The third kappa shape index (κ3) is 1.33. The van der Waals surface area contributed by atoms with Crippen LogP contribution in [0.1, 0.15) is 0 Å². The number of aromatic nitrogens is 2. The molecule has 0 aliphatic heterocycles. The molecule has 0 aliphatic carbocycles. The van der Waals surface area contributed by atoms with Gasteiger partial charge in [0, 0.05) is 8.96 Å². The number of halogens is 1. The van der Waals surface area contributed by atoms with E-state index in [-0.39, 0.29) is 0 Å². The van der Waals surface area contributed by atoms with Crippen molar-refractivity contribution in [1.29, 1.82) is 0 Å². The predicted molar refractivity (Wildman–Crippen MR) is 51.1 cm³/mol. The van der Waals surface area contributed by atoms with E-state index < -0.39 is 0 Å². The van der Waals surface area contributed by atoms with E-state index in [1.54, 1.807) is 0 Å². The van der Waals surface area contributed by atoms with Gasteiger partial charge in [0.25, 0.3) is 0 Å². The number of rotatable bonds is 0. The molecule has 53 valence electrons. The van der Waals surface area contributed by atoms with Crippen LogP contribution in [0.15, 0.2) is 24.5 Å². The highest BCUT2D eigenvalue weighted by Crippen LogP contribution is 2.12. The SMILES string of the molecule is Ic1ccc2ncn[c]c2c1. The average Bonchev–Trinajstić information content (AvgIpc) is 2.04. The summed E-state index contributed by atoms with van der Waals surface area (Å²) < 4.78 is 1.18. The third-order valence-corrected chi connectivity index (χ3v) is 2.07. The fourth-order valence-electron chi connectivity index (χ4n) is 0.900. The molecule has 0 atom stereocenters. The first-order valence-corrected chi connectivity index (χ1v) is 4.22. The fraction of sp³-hybridized carbons (Fsp3) is 0. The molecule has 2 rings (SSSR count). The zero-order chi connectivity index (χ0) is 7.68. The minimum Gasteiger partial charge on any atom is -0.236 e. The van der Waals surface area contributed by atoms with E-state index in [1.807, 2.05) is 18.2 Å². The van der Waals surface area contributed by atoms with Crippen molar-refractivity contribution in [2.45, 2.75) is 0 Å². The standard InChI is InChI=1S/C8H4IN2/c9-7-1-2-8-6(3-7)4-10-5-11-8/h1-3,5H. The van der Waals surface area contributed by atoms with Gasteiger partial charge in [-0.2, -0.15) is 0 Å². The lowest BCUT2D eigenvalue weighted by Gasteiger charge is -1.93. The van der Waals surface area contributed by atoms with Gasteiger partial charge in [0.2, 0.25) is 0 Å². The third-order valence-electron chi connectivity index (χ3n) is 1.40. The van der Waals surface area contributed by atoms with Gasteiger partial charge in [0.1, 0.15) is 12.5 Å². The van der Waals surface area contributed by atoms with E-state index in [9.17, 15) is 0 Å². The van der Waals surface area contributed by atoms with Crippen LogP contribution in [0, 0.1) is 9.77 Å². The van der Waals surface area contributed by atoms with Crippen molar-refractivity contribution in [1.82, 2.24) is 9.97 Å². The zero-order valence-electron chi connectivity index (χ0n) is 5.58. The summed E-state index contributed by atoms with van der Waals surface area (Å²) in [6, 6.07) is 5.99. The first kappa shape index (κ1) is 6.97. The van der Waals surface area contributed by atoms with Crippen molar-refractivity contribution in [2.75, 3.05) is 0 Å². The highest BCUT2D eigenvalue weighted by atomic mass is 127. The first-order valence-electron chi connectivity index (χ1n) is 3.14. The topological polar surface area (TPSA) is 25.8 Å². The molecule has 1 aromatic carbocycles. The van der Waals surface area contributed by atoms with Crippen LogP contribution >= 0.6 is 22.6 Å². The predicted octanol–water partition coefficient (Wildman–Crippen LogP) is 2.03. The molecule has 11 heavy (non-hydrogen) atoms. The second-order valence-electron chi connectivity index (χ2n) is 2.15. The van der Waals surface area contributed by atoms with Crippen LogP contribution in [-0.4, -0.2) is 9.97 Å². The largest absolute Gasteiger partial charge is 0.236 e. The number of hydrogen-bond donors (Lipinski definition) is 0. The Morgan fingerprint density at radius 2 is 2.27 bits per heavy atom. The summed E-state index contributed by atoms with van der Waals surface area (Å²) in [5.41, 5.74) is 0.945. The van der Waals surface area contributed by atoms with Crippen LogP contribution in [-0.2, 0) is 0 Å². The number of nitrogens with zero attached hydrogens (tertiary/aromatic N) is 2. The summed E-state index contributed by atoms with van der Waals surface area (Å²) >= 11 is 2.25. The minimum absolute atomic E-state index is 0.945. The van der Waals surface area contributed by atoms with Crippen LogP contribution in [0.4, 0.5) is 0 Å². The van der Waals surface area contributed by atoms with E-state index in [0.29, 0.717) is 0 Å². The minimum atomic E-state index is 0.945. The van der Waals surface area contributed by atoms with Crippen molar-refractivity contribution in [3.05, 3.63) is 34.3 Å². The normalized spacial score (nSPS) is 10.3. The monoisotopic (exact) mass is 255 g/mol. The van der Waals surface area contributed by atoms with E-state index in [4.69, 9.17) is 0 Å². The Balaban J connectivity index is 2.83. The van der Waals surface area contributed by atoms with Crippen LogP contribution in [0.25, 0.3) is 10.9 Å². The number of hydrogen-bond acceptors (Lipinski definition) is 2. The molecular formula is C8H4IN2. The van der Waals surface area contributed by atoms with E-state index in [1.165, 1.54) is 9.90 Å². The Labute approximate surface area is 77.8 Å². The average molecular weight is 255 g/mol. The van der Waals surface area contributed by atoms with Crippen molar-refractivity contribution >= 4 is 33.5 Å². The van der Waals surface area contributed by atoms with Gasteiger partial charge in [-0.25, -0.2) is 9.97 Å². The molecule has 1 heterocycles. The van der Waals surface area contributed by atoms with Gasteiger partial charge < -0.3 is 0 Å². The van der Waals surface area contributed by atoms with Gasteiger partial charge in [0.15, 0.2) is 0 Å². The Bertz CT molecular complexity index is 387. The summed E-state index contributed by atoms with van der Waals surface area (Å²) in [7, 11) is 0. The van der Waals surface area contributed by atoms with Gasteiger partial charge in [0.05, 0.1) is 5.52 Å². The summed E-state index contributed by atoms with van der Waals surface area (Å²) in [6.45, 7) is 0. The summed E-state index contributed by atoms with van der Waals surface area (Å²) in [5.74, 6) is 0. The number of benzene rings is 1. The smallest absolute Gasteiger partial charge is 0.116 e. The van der Waals surface area contributed by atoms with Crippen LogP contribution in [0.2, 0.25) is 0 Å². The second-order valence-corrected chi connectivity index (χ2v) is 3.39. The van der Waals surface area contributed by atoms with Gasteiger partial charge in [-0.1, -0.05) is 0 Å². The zero-order valence-corrected chi connectivity index (χ0v) is 7.74. The maximum Gasteiger partial charge on any atom is 0.116 e. The summed E-state index contributed by atoms with van der Waals surface area (Å²) in [6.07, 6.45) is 4.38. The second kappa shape index (κ2) is 2.73. The van der Waals surface area contributed by atoms with Crippen molar-refractivity contribution in [3.8, 4) is 0 Å². The molecule has 0 saturated carbocycles. The molecule has 0 saturated heterocycles. The first-order chi connectivity index (χ1) is 5.36. The molecule has 0 spiro atoms. The molecular weight excluding hydrogens is 251 g/mol. The van der Waals surface area contributed by atoms with Crippen molar-refractivity contribution in [3.63, 3.8) is 0 Å². The van der Waals surface area contributed by atoms with Crippen molar-refractivity contribution in [2.24, 2.45) is 0 Å². The molecule has 2 nitrogen and oxygen atoms in total. The molecule has 0 N–H and O–H groups in total. The molecule has 1 aromatic heterocycles. The van der Waals surface area contributed by atoms with E-state index in [0.717, 1.165) is 10.9 Å². The Morgan fingerprint density at radius 3 is 3.18 bits per heavy atom. The Kier molecular flexibility index (Phi) is 1.73. The van der Waals surface area contributed by atoms with Gasteiger partial charge in [-0.05, 0) is 40.8 Å². The lowest BCUT2D eigenvalue weighted by atomic mass is 10.2. The highest BCUT2D eigenvalue weighted by molar-refractivity contribution is 14.1. The maximum absolute atomic E-state index is 4.08. The molecule has 0 aliphatic rings. The molecule has 0 unspecified atom stereocenters. The highest BCUT2D eigenvalue weighted by Gasteiger charge is 1.93. The van der Waals surface area contributed by atoms with E-state index in [2.05, 4.69) is 38.8 Å². The fourth-order valence-corrected chi connectivity index (χ4v) is 1.39. The van der Waals surface area contributed by atoms with Crippen LogP contribution < -0.4 is 0 Å². The lowest BCUT2D eigenvalue weighted by molar-refractivity contribution is 1.21. The Hall–Kier alpha value is -0.710. The van der Waals surface area contributed by atoms with Gasteiger partial charge in [-0.3, -0.25) is 0 Å². The molecule has 0 fully saturated rings. The van der Waals surface area contributed by atoms with Crippen LogP contribution in [0.3, 0.4) is 0 Å². The summed E-state index contributed by atoms with van der Waals surface area (Å²) in [5, 5.41) is 0.972. The quantitative estimate of drug-likeness (QED) is 0.673. The number of fused-ring (bicyclic) bond motifs is 1. The maximum atomic E-state index is 4.08. The molecule has 0 amide bonds. The summed E-state index contributed by atoms with van der Waals surface area (Å²) in [4.78, 5) is 7.89. The molecule has 0 bridgehead atoms. The molecule has 1 radical (unpaired) electrons. The van der Waals surface area contributed by atoms with E-state index >= 15 is 0 Å². The van der Waals surface area contributed by atoms with Crippen molar-refractivity contribution < 1.29 is 0 Å².